The second-order valence-electron chi connectivity index (χ2n) is 12.1. The number of ether oxygens (including phenoxy) is 5. The van der Waals surface area contributed by atoms with Crippen LogP contribution in [0.5, 0.6) is 23.0 Å². The van der Waals surface area contributed by atoms with Crippen LogP contribution in [0.4, 0.5) is 17.1 Å². The average molecular weight is 709 g/mol. The number of Topliss-reactive ketones (excluding diaryl/α,β-unsaturated/α-hetero) is 1. The number of rotatable bonds is 13. The number of carbonyl (C=O) groups excluding carboxylic acids is 4. The Morgan fingerprint density at radius 1 is 0.827 bits per heavy atom. The van der Waals surface area contributed by atoms with Crippen LogP contribution in [-0.2, 0) is 25.7 Å². The van der Waals surface area contributed by atoms with E-state index in [9.17, 15) is 19.2 Å². The van der Waals surface area contributed by atoms with Crippen LogP contribution in [0.2, 0.25) is 0 Å². The number of nitrogens with zero attached hydrogens (tertiary/aromatic N) is 3. The van der Waals surface area contributed by atoms with Gasteiger partial charge in [-0.1, -0.05) is 24.3 Å². The Morgan fingerprint density at radius 2 is 1.48 bits per heavy atom. The zero-order valence-corrected chi connectivity index (χ0v) is 29.4. The third-order valence-electron chi connectivity index (χ3n) is 9.08. The number of hydrogen-bond donors (Lipinski definition) is 1. The summed E-state index contributed by atoms with van der Waals surface area (Å²) in [7, 11) is 5.94. The predicted octanol–water partition coefficient (Wildman–Crippen LogP) is 4.50. The Labute approximate surface area is 301 Å². The molecule has 13 nitrogen and oxygen atoms in total. The van der Waals surface area contributed by atoms with Gasteiger partial charge in [-0.05, 0) is 71.8 Å². The van der Waals surface area contributed by atoms with Gasteiger partial charge in [0.25, 0.3) is 17.6 Å². The third kappa shape index (κ3) is 7.35. The fourth-order valence-corrected chi connectivity index (χ4v) is 6.40. The Balaban J connectivity index is 1.42. The first-order chi connectivity index (χ1) is 25.3. The summed E-state index contributed by atoms with van der Waals surface area (Å²) in [6, 6.07) is 23.0. The van der Waals surface area contributed by atoms with E-state index < -0.39 is 36.1 Å². The maximum absolute atomic E-state index is 14.6. The number of ketones is 1. The highest BCUT2D eigenvalue weighted by atomic mass is 16.5. The van der Waals surface area contributed by atoms with Crippen molar-refractivity contribution in [2.75, 3.05) is 76.4 Å². The summed E-state index contributed by atoms with van der Waals surface area (Å²) >= 11 is 0. The summed E-state index contributed by atoms with van der Waals surface area (Å²) < 4.78 is 27.6. The van der Waals surface area contributed by atoms with E-state index in [0.717, 1.165) is 23.7 Å². The van der Waals surface area contributed by atoms with Crippen LogP contribution < -0.4 is 34.1 Å². The second kappa shape index (κ2) is 15.9. The Bertz CT molecular complexity index is 1920. The first-order valence-electron chi connectivity index (χ1n) is 16.7. The number of anilines is 3. The molecule has 1 fully saturated rings. The molecule has 2 aliphatic rings. The van der Waals surface area contributed by atoms with Crippen molar-refractivity contribution in [3.05, 3.63) is 102 Å². The van der Waals surface area contributed by atoms with Crippen molar-refractivity contribution in [1.82, 2.24) is 4.90 Å². The van der Waals surface area contributed by atoms with Crippen LogP contribution in [0.15, 0.2) is 84.9 Å². The molecular formula is C39H40N4O9. The lowest BCUT2D eigenvalue weighted by Crippen LogP contribution is -2.46. The molecule has 2 heterocycles. The van der Waals surface area contributed by atoms with E-state index in [1.807, 2.05) is 12.1 Å². The Hall–Kier alpha value is -6.08. The molecule has 1 unspecified atom stereocenters. The van der Waals surface area contributed by atoms with Gasteiger partial charge in [0.05, 0.1) is 52.9 Å². The number of hydrogen-bond acceptors (Lipinski definition) is 10. The van der Waals surface area contributed by atoms with Crippen molar-refractivity contribution >= 4 is 40.6 Å². The number of benzene rings is 4. The van der Waals surface area contributed by atoms with Crippen molar-refractivity contribution in [1.29, 1.82) is 0 Å². The van der Waals surface area contributed by atoms with Gasteiger partial charge in [-0.25, -0.2) is 0 Å². The van der Waals surface area contributed by atoms with Crippen molar-refractivity contribution in [3.63, 3.8) is 0 Å². The lowest BCUT2D eigenvalue weighted by Gasteiger charge is -2.33. The zero-order valence-electron chi connectivity index (χ0n) is 29.4. The summed E-state index contributed by atoms with van der Waals surface area (Å²) in [4.78, 5) is 60.1. The van der Waals surface area contributed by atoms with Crippen LogP contribution >= 0.6 is 0 Å². The molecule has 6 rings (SSSR count). The van der Waals surface area contributed by atoms with Crippen molar-refractivity contribution in [2.45, 2.75) is 12.6 Å². The van der Waals surface area contributed by atoms with Crippen molar-refractivity contribution in [2.24, 2.45) is 0 Å². The van der Waals surface area contributed by atoms with Crippen LogP contribution in [0.1, 0.15) is 27.5 Å². The number of para-hydroxylation sites is 1. The van der Waals surface area contributed by atoms with E-state index in [4.69, 9.17) is 23.7 Å². The standard InChI is InChI=1S/C39H40N4O9/c1-48-29-15-9-25(10-16-29)23-43(34(44)24-42-31-8-6-5-7-30(31)36(45)39(42)47)35(26-21-32(49-2)37(51-4)33(22-26)50-3)38(46)40-27-11-13-28(14-12-27)41-17-19-52-20-18-41/h5-16,21-22,35H,17-20,23-24H2,1-4H3,(H,40,46). The second-order valence-corrected chi connectivity index (χ2v) is 12.1. The van der Waals surface area contributed by atoms with Gasteiger partial charge in [-0.15, -0.1) is 0 Å². The quantitative estimate of drug-likeness (QED) is 0.198. The van der Waals surface area contributed by atoms with E-state index in [2.05, 4.69) is 10.2 Å². The minimum atomic E-state index is -1.29. The molecule has 1 atom stereocenters. The normalized spacial score (nSPS) is 14.4. The van der Waals surface area contributed by atoms with Gasteiger partial charge in [0.1, 0.15) is 18.3 Å². The Kier molecular flexibility index (Phi) is 10.9. The summed E-state index contributed by atoms with van der Waals surface area (Å²) in [6.45, 7) is 2.23. The molecule has 3 amide bonds. The molecule has 1 saturated heterocycles. The van der Waals surface area contributed by atoms with E-state index in [1.165, 1.54) is 26.2 Å². The molecule has 1 N–H and O–H groups in total. The number of amides is 3. The molecule has 4 aromatic carbocycles. The van der Waals surface area contributed by atoms with E-state index in [1.54, 1.807) is 79.9 Å². The molecule has 0 saturated carbocycles. The van der Waals surface area contributed by atoms with Gasteiger partial charge in [0, 0.05) is 31.0 Å². The fourth-order valence-electron chi connectivity index (χ4n) is 6.40. The maximum atomic E-state index is 14.6. The number of fused-ring (bicyclic) bond motifs is 1. The predicted molar refractivity (Wildman–Crippen MR) is 194 cm³/mol. The molecule has 0 radical (unpaired) electrons. The highest BCUT2D eigenvalue weighted by Crippen LogP contribution is 2.41. The zero-order chi connectivity index (χ0) is 36.8. The molecule has 0 spiro atoms. The van der Waals surface area contributed by atoms with Crippen LogP contribution in [0.3, 0.4) is 0 Å². The van der Waals surface area contributed by atoms with E-state index in [0.29, 0.717) is 47.2 Å². The van der Waals surface area contributed by atoms with Gasteiger partial charge in [0.2, 0.25) is 11.7 Å². The minimum Gasteiger partial charge on any atom is -0.497 e. The highest BCUT2D eigenvalue weighted by molar-refractivity contribution is 6.52. The topological polar surface area (TPSA) is 136 Å². The van der Waals surface area contributed by atoms with Crippen molar-refractivity contribution in [3.8, 4) is 23.0 Å². The SMILES string of the molecule is COc1ccc(CN(C(=O)CN2C(=O)C(=O)c3ccccc32)C(C(=O)Nc2ccc(N3CCOCC3)cc2)c2cc(OC)c(OC)c(OC)c2)cc1. The lowest BCUT2D eigenvalue weighted by molar-refractivity contribution is -0.139. The molecule has 52 heavy (non-hydrogen) atoms. The molecule has 4 aromatic rings. The molecule has 0 aliphatic carbocycles. The molecule has 2 aliphatic heterocycles. The number of methoxy groups -OCH3 is 4. The number of nitrogens with one attached hydrogen (secondary N) is 1. The highest BCUT2D eigenvalue weighted by Gasteiger charge is 2.40. The molecule has 13 heteroatoms. The van der Waals surface area contributed by atoms with Crippen LogP contribution in [0, 0.1) is 0 Å². The van der Waals surface area contributed by atoms with E-state index in [-0.39, 0.29) is 23.6 Å². The molecule has 0 aromatic heterocycles. The smallest absolute Gasteiger partial charge is 0.299 e. The molecule has 270 valence electrons. The van der Waals surface area contributed by atoms with Crippen LogP contribution in [-0.4, -0.2) is 89.7 Å². The molecular weight excluding hydrogens is 668 g/mol. The summed E-state index contributed by atoms with van der Waals surface area (Å²) in [5.74, 6) is -1.20. The summed E-state index contributed by atoms with van der Waals surface area (Å²) in [6.07, 6.45) is 0. The largest absolute Gasteiger partial charge is 0.497 e. The minimum absolute atomic E-state index is 0.0504. The van der Waals surface area contributed by atoms with E-state index >= 15 is 0 Å². The van der Waals surface area contributed by atoms with Gasteiger partial charge in [-0.3, -0.25) is 24.1 Å². The monoisotopic (exact) mass is 708 g/mol. The van der Waals surface area contributed by atoms with Crippen molar-refractivity contribution < 1.29 is 42.9 Å². The van der Waals surface area contributed by atoms with Gasteiger partial charge >= 0.3 is 0 Å². The third-order valence-corrected chi connectivity index (χ3v) is 9.08. The van der Waals surface area contributed by atoms with Crippen LogP contribution in [0.25, 0.3) is 0 Å². The van der Waals surface area contributed by atoms with Gasteiger partial charge in [0.15, 0.2) is 11.5 Å². The fraction of sp³-hybridized carbons (Fsp3) is 0.282. The number of carbonyl (C=O) groups is 4. The first-order valence-corrected chi connectivity index (χ1v) is 16.7. The van der Waals surface area contributed by atoms with Gasteiger partial charge in [-0.2, -0.15) is 0 Å². The first kappa shape index (κ1) is 35.7. The summed E-state index contributed by atoms with van der Waals surface area (Å²) in [5.41, 5.74) is 3.06. The number of morpholine rings is 1. The maximum Gasteiger partial charge on any atom is 0.299 e. The summed E-state index contributed by atoms with van der Waals surface area (Å²) in [5, 5.41) is 3.00. The van der Waals surface area contributed by atoms with Gasteiger partial charge < -0.3 is 38.8 Å². The average Bonchev–Trinajstić information content (AvgIpc) is 3.42. The lowest BCUT2D eigenvalue weighted by atomic mass is 10.0. The molecule has 0 bridgehead atoms. The Morgan fingerprint density at radius 3 is 2.10 bits per heavy atom.